The van der Waals surface area contributed by atoms with Gasteiger partial charge in [0.05, 0.1) is 18.2 Å². The zero-order valence-corrected chi connectivity index (χ0v) is 11.7. The number of pyridine rings is 1. The predicted molar refractivity (Wildman–Crippen MR) is 70.7 cm³/mol. The van der Waals surface area contributed by atoms with Gasteiger partial charge in [0.1, 0.15) is 11.4 Å². The first-order valence-electron chi connectivity index (χ1n) is 6.40. The fourth-order valence-corrected chi connectivity index (χ4v) is 1.95. The van der Waals surface area contributed by atoms with Crippen molar-refractivity contribution in [3.8, 4) is 23.1 Å². The summed E-state index contributed by atoms with van der Waals surface area (Å²) in [6.45, 7) is 0. The van der Waals surface area contributed by atoms with Gasteiger partial charge in [0, 0.05) is 5.56 Å². The van der Waals surface area contributed by atoms with Gasteiger partial charge in [-0.2, -0.15) is 18.4 Å². The van der Waals surface area contributed by atoms with Crippen molar-refractivity contribution in [1.82, 2.24) is 4.98 Å². The van der Waals surface area contributed by atoms with E-state index in [4.69, 9.17) is 5.26 Å². The number of nitrogens with zero attached hydrogens (tertiary/aromatic N) is 2. The van der Waals surface area contributed by atoms with Crippen LogP contribution in [0.2, 0.25) is 0 Å². The van der Waals surface area contributed by atoms with Gasteiger partial charge < -0.3 is 4.74 Å². The highest BCUT2D eigenvalue weighted by Crippen LogP contribution is 2.33. The molecule has 0 spiro atoms. The smallest absolute Gasteiger partial charge is 0.406 e. The first kappa shape index (κ1) is 17.6. The molecule has 0 unspecified atom stereocenters. The Balaban J connectivity index is 2.37. The summed E-state index contributed by atoms with van der Waals surface area (Å²) in [7, 11) is 0. The van der Waals surface area contributed by atoms with Gasteiger partial charge in [-0.1, -0.05) is 6.07 Å². The van der Waals surface area contributed by atoms with Crippen molar-refractivity contribution in [3.05, 3.63) is 47.7 Å². The van der Waals surface area contributed by atoms with Gasteiger partial charge in [0.2, 0.25) is 0 Å². The van der Waals surface area contributed by atoms with Crippen LogP contribution in [0.5, 0.6) is 5.75 Å². The minimum absolute atomic E-state index is 0.0810. The molecule has 0 radical (unpaired) electrons. The van der Waals surface area contributed by atoms with E-state index in [0.717, 1.165) is 30.3 Å². The summed E-state index contributed by atoms with van der Waals surface area (Å²) in [6.07, 6.45) is -10.1. The van der Waals surface area contributed by atoms with Crippen LogP contribution in [0, 0.1) is 11.3 Å². The fraction of sp³-hybridized carbons (Fsp3) is 0.200. The van der Waals surface area contributed by atoms with Gasteiger partial charge in [-0.15, -0.1) is 13.2 Å². The van der Waals surface area contributed by atoms with Crippen LogP contribution in [0.4, 0.5) is 26.3 Å². The van der Waals surface area contributed by atoms with E-state index in [1.54, 1.807) is 6.07 Å². The van der Waals surface area contributed by atoms with Crippen molar-refractivity contribution in [2.75, 3.05) is 0 Å². The lowest BCUT2D eigenvalue weighted by Gasteiger charge is -2.12. The largest absolute Gasteiger partial charge is 0.573 e. The Kier molecular flexibility index (Phi) is 4.68. The fourth-order valence-electron chi connectivity index (χ4n) is 1.95. The van der Waals surface area contributed by atoms with E-state index in [1.807, 2.05) is 0 Å². The Hall–Kier alpha value is -2.76. The summed E-state index contributed by atoms with van der Waals surface area (Å²) in [5, 5.41) is 8.57. The molecule has 0 N–H and O–H groups in total. The maximum atomic E-state index is 13.0. The van der Waals surface area contributed by atoms with Gasteiger partial charge in [-0.3, -0.25) is 0 Å². The highest BCUT2D eigenvalue weighted by molar-refractivity contribution is 5.61. The lowest BCUT2D eigenvalue weighted by Crippen LogP contribution is -2.17. The monoisotopic (exact) mass is 346 g/mol. The first-order chi connectivity index (χ1) is 11.1. The highest BCUT2D eigenvalue weighted by atomic mass is 19.4. The summed E-state index contributed by atoms with van der Waals surface area (Å²) in [5.74, 6) is -0.497. The van der Waals surface area contributed by atoms with Crippen LogP contribution in [0.25, 0.3) is 11.3 Å². The summed E-state index contributed by atoms with van der Waals surface area (Å²) < 4.78 is 78.9. The number of aromatic nitrogens is 1. The third-order valence-electron chi connectivity index (χ3n) is 2.90. The van der Waals surface area contributed by atoms with Crippen LogP contribution in [0.15, 0.2) is 36.4 Å². The standard InChI is InChI=1S/C15H8F6N2O/c16-14(17,18)13-10(7-8-22)3-6-12(23-13)9-1-4-11(5-2-9)24-15(19,20)21/h1-6H,7H2. The molecule has 1 aromatic heterocycles. The number of benzene rings is 1. The number of ether oxygens (including phenoxy) is 1. The first-order valence-corrected chi connectivity index (χ1v) is 6.40. The quantitative estimate of drug-likeness (QED) is 0.755. The van der Waals surface area contributed by atoms with Crippen molar-refractivity contribution >= 4 is 0 Å². The van der Waals surface area contributed by atoms with Crippen LogP contribution in [0.3, 0.4) is 0 Å². The average molecular weight is 346 g/mol. The van der Waals surface area contributed by atoms with Crippen LogP contribution in [-0.4, -0.2) is 11.3 Å². The molecule has 9 heteroatoms. The third-order valence-corrected chi connectivity index (χ3v) is 2.90. The molecule has 1 heterocycles. The van der Waals surface area contributed by atoms with E-state index in [0.29, 0.717) is 0 Å². The SMILES string of the molecule is N#CCc1ccc(-c2ccc(OC(F)(F)F)cc2)nc1C(F)(F)F. The van der Waals surface area contributed by atoms with Crippen LogP contribution in [-0.2, 0) is 12.6 Å². The van der Waals surface area contributed by atoms with Crippen LogP contribution in [0.1, 0.15) is 11.3 Å². The summed E-state index contributed by atoms with van der Waals surface area (Å²) in [6, 6.07) is 8.27. The molecule has 2 rings (SSSR count). The van der Waals surface area contributed by atoms with Gasteiger partial charge in [0.25, 0.3) is 0 Å². The van der Waals surface area contributed by atoms with E-state index in [-0.39, 0.29) is 16.8 Å². The van der Waals surface area contributed by atoms with Gasteiger partial charge in [-0.25, -0.2) is 4.98 Å². The number of rotatable bonds is 3. The van der Waals surface area contributed by atoms with Crippen molar-refractivity contribution < 1.29 is 31.1 Å². The molecule has 3 nitrogen and oxygen atoms in total. The van der Waals surface area contributed by atoms with Crippen molar-refractivity contribution in [3.63, 3.8) is 0 Å². The summed E-state index contributed by atoms with van der Waals surface area (Å²) in [4.78, 5) is 3.50. The molecule has 2 aromatic rings. The highest BCUT2D eigenvalue weighted by Gasteiger charge is 2.35. The second-order valence-electron chi connectivity index (χ2n) is 4.61. The second kappa shape index (κ2) is 6.39. The van der Waals surface area contributed by atoms with Gasteiger partial charge >= 0.3 is 12.5 Å². The van der Waals surface area contributed by atoms with E-state index in [9.17, 15) is 26.3 Å². The Morgan fingerprint density at radius 2 is 1.58 bits per heavy atom. The molecule has 0 amide bonds. The molecule has 0 aliphatic carbocycles. The predicted octanol–water partition coefficient (Wildman–Crippen LogP) is 4.73. The summed E-state index contributed by atoms with van der Waals surface area (Å²) in [5.41, 5.74) is -1.37. The van der Waals surface area contributed by atoms with E-state index < -0.39 is 30.4 Å². The van der Waals surface area contributed by atoms with Crippen LogP contribution < -0.4 is 4.74 Å². The number of alkyl halides is 6. The maximum Gasteiger partial charge on any atom is 0.573 e. The van der Waals surface area contributed by atoms with Gasteiger partial charge in [0.15, 0.2) is 0 Å². The zero-order valence-electron chi connectivity index (χ0n) is 11.7. The topological polar surface area (TPSA) is 45.9 Å². The van der Waals surface area contributed by atoms with Crippen molar-refractivity contribution in [1.29, 1.82) is 5.26 Å². The molecule has 0 atom stereocenters. The van der Waals surface area contributed by atoms with Gasteiger partial charge in [-0.05, 0) is 35.9 Å². The lowest BCUT2D eigenvalue weighted by atomic mass is 10.1. The molecule has 0 aliphatic heterocycles. The van der Waals surface area contributed by atoms with E-state index in [2.05, 4.69) is 9.72 Å². The molecule has 24 heavy (non-hydrogen) atoms. The van der Waals surface area contributed by atoms with E-state index in [1.165, 1.54) is 6.07 Å². The minimum Gasteiger partial charge on any atom is -0.406 e. The zero-order chi connectivity index (χ0) is 18.0. The number of hydrogen-bond donors (Lipinski definition) is 0. The number of hydrogen-bond acceptors (Lipinski definition) is 3. The molecule has 0 saturated heterocycles. The molecule has 126 valence electrons. The Bertz CT molecular complexity index is 760. The van der Waals surface area contributed by atoms with E-state index >= 15 is 0 Å². The molecular formula is C15H8F6N2O. The number of halogens is 6. The van der Waals surface area contributed by atoms with Crippen molar-refractivity contribution in [2.24, 2.45) is 0 Å². The van der Waals surface area contributed by atoms with Crippen molar-refractivity contribution in [2.45, 2.75) is 19.0 Å². The number of nitriles is 1. The average Bonchev–Trinajstić information content (AvgIpc) is 2.46. The molecule has 0 saturated carbocycles. The lowest BCUT2D eigenvalue weighted by molar-refractivity contribution is -0.274. The Labute approximate surface area is 132 Å². The Morgan fingerprint density at radius 3 is 2.08 bits per heavy atom. The Morgan fingerprint density at radius 1 is 0.958 bits per heavy atom. The normalized spacial score (nSPS) is 11.9. The summed E-state index contributed by atoms with van der Waals surface area (Å²) >= 11 is 0. The third kappa shape index (κ3) is 4.38. The second-order valence-corrected chi connectivity index (χ2v) is 4.61. The van der Waals surface area contributed by atoms with Crippen LogP contribution >= 0.6 is 0 Å². The molecule has 0 bridgehead atoms. The molecular weight excluding hydrogens is 338 g/mol. The molecule has 1 aromatic carbocycles. The minimum atomic E-state index is -4.86. The molecule has 0 fully saturated rings. The maximum absolute atomic E-state index is 13.0. The molecule has 0 aliphatic rings.